The van der Waals surface area contributed by atoms with E-state index in [0.29, 0.717) is 5.82 Å². The van der Waals surface area contributed by atoms with Crippen LogP contribution in [0.1, 0.15) is 0 Å². The molecule has 0 N–H and O–H groups in total. The predicted octanol–water partition coefficient (Wildman–Crippen LogP) is 10.9. The molecule has 4 nitrogen and oxygen atoms in total. The van der Waals surface area contributed by atoms with Gasteiger partial charge in [-0.05, 0) is 76.5 Å². The third kappa shape index (κ3) is 5.33. The highest BCUT2D eigenvalue weighted by molar-refractivity contribution is 5.88. The molecule has 46 heavy (non-hydrogen) atoms. The van der Waals surface area contributed by atoms with Crippen molar-refractivity contribution in [1.82, 2.24) is 14.8 Å². The molecule has 0 saturated heterocycles. The molecule has 4 heteroatoms. The average Bonchev–Trinajstić information content (AvgIpc) is 3.59. The molecule has 8 rings (SSSR count). The fourth-order valence-corrected chi connectivity index (χ4v) is 5.91. The Kier molecular flexibility index (Phi) is 7.14. The Morgan fingerprint density at radius 2 is 0.913 bits per heavy atom. The van der Waals surface area contributed by atoms with E-state index < -0.39 is 0 Å². The first-order valence-electron chi connectivity index (χ1n) is 15.4. The minimum absolute atomic E-state index is 0.695. The summed E-state index contributed by atoms with van der Waals surface area (Å²) in [5.74, 6) is 1.50. The van der Waals surface area contributed by atoms with Gasteiger partial charge in [-0.25, -0.2) is 9.67 Å². The molecule has 218 valence electrons. The van der Waals surface area contributed by atoms with Crippen molar-refractivity contribution in [3.63, 3.8) is 0 Å². The molecule has 0 spiro atoms. The number of nitrogens with zero attached hydrogens (tertiary/aromatic N) is 4. The normalized spacial score (nSPS) is 11.0. The van der Waals surface area contributed by atoms with Crippen LogP contribution in [0.2, 0.25) is 0 Å². The lowest BCUT2D eigenvalue weighted by atomic mass is 10.0. The molecular weight excluding hydrogens is 560 g/mol. The summed E-state index contributed by atoms with van der Waals surface area (Å²) in [6.45, 7) is 0. The van der Waals surface area contributed by atoms with Crippen molar-refractivity contribution in [3.05, 3.63) is 182 Å². The summed E-state index contributed by atoms with van der Waals surface area (Å²) >= 11 is 0. The van der Waals surface area contributed by atoms with Gasteiger partial charge in [-0.3, -0.25) is 0 Å². The number of fused-ring (bicyclic) bond motifs is 1. The molecule has 0 bridgehead atoms. The van der Waals surface area contributed by atoms with Crippen molar-refractivity contribution in [2.45, 2.75) is 0 Å². The van der Waals surface area contributed by atoms with E-state index in [-0.39, 0.29) is 0 Å². The van der Waals surface area contributed by atoms with Gasteiger partial charge in [0.2, 0.25) is 0 Å². The molecule has 0 fully saturated rings. The van der Waals surface area contributed by atoms with Gasteiger partial charge in [0.05, 0.1) is 5.69 Å². The molecule has 7 aromatic carbocycles. The van der Waals surface area contributed by atoms with Gasteiger partial charge in [-0.1, -0.05) is 127 Å². The van der Waals surface area contributed by atoms with Gasteiger partial charge in [0.25, 0.3) is 0 Å². The van der Waals surface area contributed by atoms with Gasteiger partial charge in [0, 0.05) is 28.2 Å². The number of rotatable bonds is 7. The molecule has 1 heterocycles. The first kappa shape index (κ1) is 27.3. The first-order valence-corrected chi connectivity index (χ1v) is 15.4. The lowest BCUT2D eigenvalue weighted by Gasteiger charge is -2.26. The van der Waals surface area contributed by atoms with Crippen LogP contribution < -0.4 is 4.90 Å². The van der Waals surface area contributed by atoms with E-state index in [2.05, 4.69) is 132 Å². The van der Waals surface area contributed by atoms with Gasteiger partial charge < -0.3 is 4.90 Å². The zero-order valence-electron chi connectivity index (χ0n) is 25.1. The Labute approximate surface area is 268 Å². The largest absolute Gasteiger partial charge is 0.311 e. The summed E-state index contributed by atoms with van der Waals surface area (Å²) in [7, 11) is 0. The minimum atomic E-state index is 0.695. The Bertz CT molecular complexity index is 2220. The third-order valence-corrected chi connectivity index (χ3v) is 8.25. The Hall–Kier alpha value is -6.26. The van der Waals surface area contributed by atoms with Crippen molar-refractivity contribution >= 4 is 27.8 Å². The van der Waals surface area contributed by atoms with Crippen LogP contribution in [0.4, 0.5) is 17.1 Å². The van der Waals surface area contributed by atoms with Gasteiger partial charge in [0.15, 0.2) is 11.6 Å². The Morgan fingerprint density at radius 1 is 0.391 bits per heavy atom. The highest BCUT2D eigenvalue weighted by atomic mass is 15.4. The van der Waals surface area contributed by atoms with E-state index in [4.69, 9.17) is 10.1 Å². The molecule has 0 radical (unpaired) electrons. The topological polar surface area (TPSA) is 34.0 Å². The zero-order chi connectivity index (χ0) is 30.7. The van der Waals surface area contributed by atoms with Crippen LogP contribution in [0.15, 0.2) is 182 Å². The van der Waals surface area contributed by atoms with Crippen molar-refractivity contribution in [1.29, 1.82) is 0 Å². The smallest absolute Gasteiger partial charge is 0.182 e. The maximum atomic E-state index is 4.97. The summed E-state index contributed by atoms with van der Waals surface area (Å²) in [6, 6.07) is 63.3. The van der Waals surface area contributed by atoms with Crippen LogP contribution in [0, 0.1) is 0 Å². The summed E-state index contributed by atoms with van der Waals surface area (Å²) in [5, 5.41) is 7.46. The number of hydrogen-bond acceptors (Lipinski definition) is 3. The first-order chi connectivity index (χ1) is 22.8. The molecule has 0 saturated carbocycles. The van der Waals surface area contributed by atoms with Crippen LogP contribution in [0.25, 0.3) is 50.4 Å². The molecule has 0 unspecified atom stereocenters. The van der Waals surface area contributed by atoms with E-state index in [0.717, 1.165) is 39.7 Å². The Morgan fingerprint density at radius 3 is 1.59 bits per heavy atom. The van der Waals surface area contributed by atoms with Crippen LogP contribution in [0.5, 0.6) is 0 Å². The molecule has 0 aliphatic heterocycles. The quantitative estimate of drug-likeness (QED) is 0.185. The summed E-state index contributed by atoms with van der Waals surface area (Å²) in [5.41, 5.74) is 8.56. The molecule has 1 aromatic heterocycles. The standard InChI is InChI=1S/C42H30N4/c1-4-13-33(14-5-1)41-43-42(34-15-6-2-7-16-34)46(44-41)40-28-26-39(27-29-40)45(37-18-8-3-9-19-37)38-24-22-32(23-25-38)36-21-20-31-12-10-11-17-35(31)30-36/h1-30H. The van der Waals surface area contributed by atoms with Gasteiger partial charge in [-0.15, -0.1) is 5.10 Å². The molecule has 0 aliphatic rings. The number of anilines is 3. The maximum Gasteiger partial charge on any atom is 0.182 e. The number of para-hydroxylation sites is 1. The second-order valence-electron chi connectivity index (χ2n) is 11.2. The van der Waals surface area contributed by atoms with Gasteiger partial charge in [0.1, 0.15) is 0 Å². The van der Waals surface area contributed by atoms with Crippen molar-refractivity contribution in [2.24, 2.45) is 0 Å². The zero-order valence-corrected chi connectivity index (χ0v) is 25.1. The minimum Gasteiger partial charge on any atom is -0.311 e. The van der Waals surface area contributed by atoms with Gasteiger partial charge in [-0.2, -0.15) is 0 Å². The fraction of sp³-hybridized carbons (Fsp3) is 0. The molecule has 8 aromatic rings. The lowest BCUT2D eigenvalue weighted by molar-refractivity contribution is 0.890. The predicted molar refractivity (Wildman–Crippen MR) is 190 cm³/mol. The van der Waals surface area contributed by atoms with Crippen molar-refractivity contribution in [3.8, 4) is 39.6 Å². The van der Waals surface area contributed by atoms with E-state index in [1.807, 2.05) is 59.3 Å². The molecule has 0 atom stereocenters. The second-order valence-corrected chi connectivity index (χ2v) is 11.2. The second kappa shape index (κ2) is 12.0. The number of aromatic nitrogens is 3. The van der Waals surface area contributed by atoms with E-state index in [1.54, 1.807) is 0 Å². The summed E-state index contributed by atoms with van der Waals surface area (Å²) < 4.78 is 1.94. The lowest BCUT2D eigenvalue weighted by Crippen LogP contribution is -2.10. The number of benzene rings is 7. The van der Waals surface area contributed by atoms with Crippen LogP contribution in [-0.4, -0.2) is 14.8 Å². The molecular formula is C42H30N4. The highest BCUT2D eigenvalue weighted by Crippen LogP contribution is 2.36. The van der Waals surface area contributed by atoms with Crippen molar-refractivity contribution in [2.75, 3.05) is 4.90 Å². The van der Waals surface area contributed by atoms with E-state index in [9.17, 15) is 0 Å². The van der Waals surface area contributed by atoms with Crippen LogP contribution >= 0.6 is 0 Å². The van der Waals surface area contributed by atoms with E-state index in [1.165, 1.54) is 21.9 Å². The van der Waals surface area contributed by atoms with Gasteiger partial charge >= 0.3 is 0 Å². The molecule has 0 aliphatic carbocycles. The average molecular weight is 591 g/mol. The monoisotopic (exact) mass is 590 g/mol. The third-order valence-electron chi connectivity index (χ3n) is 8.25. The van der Waals surface area contributed by atoms with Crippen LogP contribution in [-0.2, 0) is 0 Å². The Balaban J connectivity index is 1.16. The van der Waals surface area contributed by atoms with Crippen LogP contribution in [0.3, 0.4) is 0 Å². The summed E-state index contributed by atoms with van der Waals surface area (Å²) in [6.07, 6.45) is 0. The molecule has 0 amide bonds. The maximum absolute atomic E-state index is 4.97. The number of hydrogen-bond donors (Lipinski definition) is 0. The SMILES string of the molecule is c1ccc(-c2nc(-c3ccccc3)n(-c3ccc(N(c4ccccc4)c4ccc(-c5ccc6ccccc6c5)cc4)cc3)n2)cc1. The van der Waals surface area contributed by atoms with Crippen molar-refractivity contribution < 1.29 is 0 Å². The highest BCUT2D eigenvalue weighted by Gasteiger charge is 2.17. The fourth-order valence-electron chi connectivity index (χ4n) is 5.91. The van der Waals surface area contributed by atoms with E-state index >= 15 is 0 Å². The summed E-state index contributed by atoms with van der Waals surface area (Å²) in [4.78, 5) is 7.25.